The van der Waals surface area contributed by atoms with E-state index in [4.69, 9.17) is 4.74 Å². The van der Waals surface area contributed by atoms with Crippen LogP contribution in [0.25, 0.3) is 0 Å². The average molecular weight is 298 g/mol. The standard InChI is InChI=1S/C16H30N2O3/c1-16(13-19,14-5-3-2-4-6-14)17-8-7-15(20)18-9-11-21-12-10-18/h14,17,19H,2-13H2,1H3/t16-/m0/s1. The summed E-state index contributed by atoms with van der Waals surface area (Å²) in [5.74, 6) is 0.712. The molecule has 0 aromatic rings. The molecular weight excluding hydrogens is 268 g/mol. The van der Waals surface area contributed by atoms with Gasteiger partial charge < -0.3 is 20.1 Å². The molecule has 1 aliphatic heterocycles. The summed E-state index contributed by atoms with van der Waals surface area (Å²) in [5, 5.41) is 13.2. The second-order valence-electron chi connectivity index (χ2n) is 6.58. The number of aliphatic hydroxyl groups excluding tert-OH is 1. The zero-order valence-electron chi connectivity index (χ0n) is 13.3. The highest BCUT2D eigenvalue weighted by Crippen LogP contribution is 2.32. The maximum absolute atomic E-state index is 12.1. The second-order valence-corrected chi connectivity index (χ2v) is 6.58. The first-order valence-corrected chi connectivity index (χ1v) is 8.37. The van der Waals surface area contributed by atoms with Gasteiger partial charge in [0.2, 0.25) is 5.91 Å². The molecule has 0 aromatic heterocycles. The molecule has 1 amide bonds. The van der Waals surface area contributed by atoms with Crippen molar-refractivity contribution in [2.24, 2.45) is 5.92 Å². The number of nitrogens with one attached hydrogen (secondary N) is 1. The van der Waals surface area contributed by atoms with Gasteiger partial charge in [0.15, 0.2) is 0 Å². The Morgan fingerprint density at radius 2 is 1.95 bits per heavy atom. The van der Waals surface area contributed by atoms with Crippen molar-refractivity contribution in [2.75, 3.05) is 39.5 Å². The Labute approximate surface area is 128 Å². The number of aliphatic hydroxyl groups is 1. The molecule has 21 heavy (non-hydrogen) atoms. The van der Waals surface area contributed by atoms with Crippen LogP contribution in [0.3, 0.4) is 0 Å². The van der Waals surface area contributed by atoms with Gasteiger partial charge in [0.25, 0.3) is 0 Å². The fourth-order valence-electron chi connectivity index (χ4n) is 3.49. The SMILES string of the molecule is C[C@@](CO)(NCCC(=O)N1CCOCC1)C1CCCCC1. The summed E-state index contributed by atoms with van der Waals surface area (Å²) in [4.78, 5) is 14.0. The molecule has 0 radical (unpaired) electrons. The third kappa shape index (κ3) is 4.66. The molecule has 1 saturated heterocycles. The summed E-state index contributed by atoms with van der Waals surface area (Å²) < 4.78 is 5.26. The van der Waals surface area contributed by atoms with Crippen LogP contribution in [0.4, 0.5) is 0 Å². The van der Waals surface area contributed by atoms with Crippen molar-refractivity contribution in [3.05, 3.63) is 0 Å². The molecule has 1 saturated carbocycles. The predicted octanol–water partition coefficient (Wildman–Crippen LogP) is 1.16. The molecule has 5 heteroatoms. The Bertz CT molecular complexity index is 325. The lowest BCUT2D eigenvalue weighted by atomic mass is 9.76. The summed E-state index contributed by atoms with van der Waals surface area (Å²) >= 11 is 0. The molecule has 0 bridgehead atoms. The second kappa shape index (κ2) is 8.11. The van der Waals surface area contributed by atoms with Crippen molar-refractivity contribution in [1.82, 2.24) is 10.2 Å². The van der Waals surface area contributed by atoms with Gasteiger partial charge in [-0.15, -0.1) is 0 Å². The van der Waals surface area contributed by atoms with E-state index < -0.39 is 0 Å². The fraction of sp³-hybridized carbons (Fsp3) is 0.938. The average Bonchev–Trinajstić information content (AvgIpc) is 2.56. The fourth-order valence-corrected chi connectivity index (χ4v) is 3.49. The highest BCUT2D eigenvalue weighted by molar-refractivity contribution is 5.76. The van der Waals surface area contributed by atoms with Gasteiger partial charge in [-0.25, -0.2) is 0 Å². The van der Waals surface area contributed by atoms with Crippen molar-refractivity contribution in [1.29, 1.82) is 0 Å². The molecule has 1 aliphatic carbocycles. The smallest absolute Gasteiger partial charge is 0.224 e. The first-order chi connectivity index (χ1) is 10.2. The van der Waals surface area contributed by atoms with Crippen LogP contribution in [0, 0.1) is 5.92 Å². The molecule has 0 spiro atoms. The van der Waals surface area contributed by atoms with Gasteiger partial charge in [0.05, 0.1) is 19.8 Å². The van der Waals surface area contributed by atoms with E-state index in [1.807, 2.05) is 4.90 Å². The minimum Gasteiger partial charge on any atom is -0.394 e. The van der Waals surface area contributed by atoms with Gasteiger partial charge in [-0.2, -0.15) is 0 Å². The molecule has 1 atom stereocenters. The maximum atomic E-state index is 12.1. The summed E-state index contributed by atoms with van der Waals surface area (Å²) in [7, 11) is 0. The Morgan fingerprint density at radius 1 is 1.29 bits per heavy atom. The van der Waals surface area contributed by atoms with E-state index >= 15 is 0 Å². The van der Waals surface area contributed by atoms with Crippen molar-refractivity contribution >= 4 is 5.91 Å². The summed E-state index contributed by atoms with van der Waals surface area (Å²) in [5.41, 5.74) is -0.244. The third-order valence-electron chi connectivity index (χ3n) is 5.07. The zero-order chi connectivity index (χ0) is 15.1. The highest BCUT2D eigenvalue weighted by Gasteiger charge is 2.34. The highest BCUT2D eigenvalue weighted by atomic mass is 16.5. The maximum Gasteiger partial charge on any atom is 0.224 e. The molecular formula is C16H30N2O3. The molecule has 2 N–H and O–H groups in total. The van der Waals surface area contributed by atoms with Crippen molar-refractivity contribution in [3.63, 3.8) is 0 Å². The summed E-state index contributed by atoms with van der Waals surface area (Å²) in [6, 6.07) is 0. The Kier molecular flexibility index (Phi) is 6.45. The van der Waals surface area contributed by atoms with E-state index in [-0.39, 0.29) is 18.1 Å². The molecule has 122 valence electrons. The molecule has 1 heterocycles. The monoisotopic (exact) mass is 298 g/mol. The van der Waals surface area contributed by atoms with Gasteiger partial charge in [-0.05, 0) is 25.7 Å². The van der Waals surface area contributed by atoms with Crippen LogP contribution in [-0.2, 0) is 9.53 Å². The zero-order valence-corrected chi connectivity index (χ0v) is 13.3. The van der Waals surface area contributed by atoms with E-state index in [1.54, 1.807) is 0 Å². The molecule has 5 nitrogen and oxygen atoms in total. The van der Waals surface area contributed by atoms with Crippen LogP contribution in [0.15, 0.2) is 0 Å². The van der Waals surface area contributed by atoms with Crippen molar-refractivity contribution in [2.45, 2.75) is 51.0 Å². The molecule has 2 rings (SSSR count). The van der Waals surface area contributed by atoms with Gasteiger partial charge in [-0.1, -0.05) is 19.3 Å². The van der Waals surface area contributed by atoms with Gasteiger partial charge in [0.1, 0.15) is 0 Å². The predicted molar refractivity (Wildman–Crippen MR) is 82.1 cm³/mol. The number of ether oxygens (including phenoxy) is 1. The summed E-state index contributed by atoms with van der Waals surface area (Å²) in [6.07, 6.45) is 6.70. The number of nitrogens with zero attached hydrogens (tertiary/aromatic N) is 1. The van der Waals surface area contributed by atoms with E-state index in [1.165, 1.54) is 32.1 Å². The normalized spacial score (nSPS) is 23.8. The van der Waals surface area contributed by atoms with Gasteiger partial charge >= 0.3 is 0 Å². The van der Waals surface area contributed by atoms with E-state index in [0.29, 0.717) is 45.2 Å². The number of rotatable bonds is 6. The number of amides is 1. The number of hydrogen-bond acceptors (Lipinski definition) is 4. The number of hydrogen-bond donors (Lipinski definition) is 2. The third-order valence-corrected chi connectivity index (χ3v) is 5.07. The van der Waals surface area contributed by atoms with Crippen LogP contribution < -0.4 is 5.32 Å². The quantitative estimate of drug-likeness (QED) is 0.772. The lowest BCUT2D eigenvalue weighted by Gasteiger charge is -2.39. The van der Waals surface area contributed by atoms with Crippen molar-refractivity contribution < 1.29 is 14.6 Å². The first kappa shape index (κ1) is 16.7. The van der Waals surface area contributed by atoms with Crippen LogP contribution in [0.5, 0.6) is 0 Å². The van der Waals surface area contributed by atoms with Crippen LogP contribution in [0.1, 0.15) is 45.4 Å². The largest absolute Gasteiger partial charge is 0.394 e. The van der Waals surface area contributed by atoms with Crippen LogP contribution in [-0.4, -0.2) is 60.9 Å². The van der Waals surface area contributed by atoms with Crippen LogP contribution >= 0.6 is 0 Å². The Balaban J connectivity index is 1.75. The minimum atomic E-state index is -0.244. The van der Waals surface area contributed by atoms with E-state index in [2.05, 4.69) is 12.2 Å². The summed E-state index contributed by atoms with van der Waals surface area (Å²) in [6.45, 7) is 5.60. The topological polar surface area (TPSA) is 61.8 Å². The molecule has 2 fully saturated rings. The van der Waals surface area contributed by atoms with E-state index in [9.17, 15) is 9.90 Å². The molecule has 0 unspecified atom stereocenters. The van der Waals surface area contributed by atoms with Crippen molar-refractivity contribution in [3.8, 4) is 0 Å². The number of carbonyl (C=O) groups excluding carboxylic acids is 1. The van der Waals surface area contributed by atoms with Crippen LogP contribution in [0.2, 0.25) is 0 Å². The Morgan fingerprint density at radius 3 is 2.57 bits per heavy atom. The lowest BCUT2D eigenvalue weighted by molar-refractivity contribution is -0.135. The first-order valence-electron chi connectivity index (χ1n) is 8.37. The van der Waals surface area contributed by atoms with E-state index in [0.717, 1.165) is 0 Å². The number of morpholine rings is 1. The van der Waals surface area contributed by atoms with Gasteiger partial charge in [-0.3, -0.25) is 4.79 Å². The lowest BCUT2D eigenvalue weighted by Crippen LogP contribution is -2.53. The molecule has 0 aromatic carbocycles. The number of carbonyl (C=O) groups is 1. The van der Waals surface area contributed by atoms with Gasteiger partial charge in [0, 0.05) is 31.6 Å². The Hall–Kier alpha value is -0.650. The minimum absolute atomic E-state index is 0.142. The molecule has 2 aliphatic rings.